The number of aromatic nitrogens is 1. The van der Waals surface area contributed by atoms with E-state index >= 15 is 0 Å². The Hall–Kier alpha value is -2.91. The molecule has 31 heavy (non-hydrogen) atoms. The van der Waals surface area contributed by atoms with Crippen molar-refractivity contribution in [3.8, 4) is 5.88 Å². The standard InChI is InChI=1S/C21H21ClFN3O5/c22-18-9-13(10-25-20(18)30-16-5-7-29-8-6-16)19(27)24-11-17-12-26(21(28)31-17)15-3-1-14(23)2-4-15/h1-4,9-10,16-17H,5-8,11-12H2,(H,24,27)/t17-/m0/s1. The molecule has 0 bridgehead atoms. The molecule has 1 aromatic heterocycles. The number of hydrogen-bond donors (Lipinski definition) is 1. The van der Waals surface area contributed by atoms with E-state index in [4.69, 9.17) is 25.8 Å². The van der Waals surface area contributed by atoms with Crippen molar-refractivity contribution < 1.29 is 28.2 Å². The van der Waals surface area contributed by atoms with E-state index in [1.807, 2.05) is 0 Å². The van der Waals surface area contributed by atoms with Crippen molar-refractivity contribution in [2.24, 2.45) is 0 Å². The molecule has 3 heterocycles. The van der Waals surface area contributed by atoms with Gasteiger partial charge in [-0.25, -0.2) is 14.2 Å². The van der Waals surface area contributed by atoms with Crippen molar-refractivity contribution in [3.05, 3.63) is 52.9 Å². The maximum atomic E-state index is 13.1. The predicted octanol–water partition coefficient (Wildman–Crippen LogP) is 3.19. The van der Waals surface area contributed by atoms with Crippen LogP contribution in [0.15, 0.2) is 36.5 Å². The number of ether oxygens (including phenoxy) is 3. The fraction of sp³-hybridized carbons (Fsp3) is 0.381. The number of hydrogen-bond acceptors (Lipinski definition) is 6. The fourth-order valence-corrected chi connectivity index (χ4v) is 3.57. The highest BCUT2D eigenvalue weighted by molar-refractivity contribution is 6.32. The van der Waals surface area contributed by atoms with Crippen LogP contribution < -0.4 is 15.0 Å². The normalized spacial score (nSPS) is 19.2. The molecule has 10 heteroatoms. The predicted molar refractivity (Wildman–Crippen MR) is 110 cm³/mol. The van der Waals surface area contributed by atoms with Crippen LogP contribution >= 0.6 is 11.6 Å². The van der Waals surface area contributed by atoms with Gasteiger partial charge in [0, 0.05) is 24.7 Å². The lowest BCUT2D eigenvalue weighted by molar-refractivity contribution is 0.0238. The first kappa shape index (κ1) is 21.3. The number of carbonyl (C=O) groups is 2. The van der Waals surface area contributed by atoms with Gasteiger partial charge in [0.25, 0.3) is 5.91 Å². The van der Waals surface area contributed by atoms with Crippen LogP contribution in [0, 0.1) is 5.82 Å². The van der Waals surface area contributed by atoms with Crippen LogP contribution in [-0.2, 0) is 9.47 Å². The second kappa shape index (κ2) is 9.49. The number of nitrogens with zero attached hydrogens (tertiary/aromatic N) is 2. The number of anilines is 1. The first-order valence-electron chi connectivity index (χ1n) is 9.91. The van der Waals surface area contributed by atoms with Gasteiger partial charge < -0.3 is 19.5 Å². The molecule has 2 fully saturated rings. The van der Waals surface area contributed by atoms with Gasteiger partial charge in [0.2, 0.25) is 5.88 Å². The summed E-state index contributed by atoms with van der Waals surface area (Å²) in [5.74, 6) is -0.510. The molecule has 1 N–H and O–H groups in total. The summed E-state index contributed by atoms with van der Waals surface area (Å²) in [6, 6.07) is 7.02. The number of amides is 2. The van der Waals surface area contributed by atoms with E-state index in [9.17, 15) is 14.0 Å². The highest BCUT2D eigenvalue weighted by atomic mass is 35.5. The van der Waals surface area contributed by atoms with Crippen molar-refractivity contribution in [3.63, 3.8) is 0 Å². The summed E-state index contributed by atoms with van der Waals surface area (Å²) < 4.78 is 29.4. The lowest BCUT2D eigenvalue weighted by Crippen LogP contribution is -2.34. The van der Waals surface area contributed by atoms with Gasteiger partial charge in [0.1, 0.15) is 23.0 Å². The lowest BCUT2D eigenvalue weighted by atomic mass is 10.1. The summed E-state index contributed by atoms with van der Waals surface area (Å²) in [5, 5.41) is 2.96. The molecule has 2 saturated heterocycles. The zero-order chi connectivity index (χ0) is 21.8. The molecule has 8 nitrogen and oxygen atoms in total. The maximum absolute atomic E-state index is 13.1. The number of pyridine rings is 1. The Morgan fingerprint density at radius 3 is 2.74 bits per heavy atom. The van der Waals surface area contributed by atoms with Gasteiger partial charge >= 0.3 is 6.09 Å². The summed E-state index contributed by atoms with van der Waals surface area (Å²) in [5.41, 5.74) is 0.792. The van der Waals surface area contributed by atoms with Crippen molar-refractivity contribution in [2.45, 2.75) is 25.0 Å². The maximum Gasteiger partial charge on any atom is 0.414 e. The van der Waals surface area contributed by atoms with Gasteiger partial charge in [-0.15, -0.1) is 0 Å². The molecule has 0 radical (unpaired) electrons. The lowest BCUT2D eigenvalue weighted by Gasteiger charge is -2.23. The van der Waals surface area contributed by atoms with Crippen LogP contribution in [0.25, 0.3) is 0 Å². The van der Waals surface area contributed by atoms with Gasteiger partial charge in [-0.1, -0.05) is 11.6 Å². The molecule has 1 aromatic carbocycles. The van der Waals surface area contributed by atoms with E-state index in [-0.39, 0.29) is 35.7 Å². The quantitative estimate of drug-likeness (QED) is 0.728. The summed E-state index contributed by atoms with van der Waals surface area (Å²) in [6.45, 7) is 1.61. The summed E-state index contributed by atoms with van der Waals surface area (Å²) >= 11 is 6.24. The Labute approximate surface area is 183 Å². The Balaban J connectivity index is 1.31. The second-order valence-corrected chi connectivity index (χ2v) is 7.65. The Bertz CT molecular complexity index is 953. The number of rotatable bonds is 6. The molecular formula is C21H21ClFN3O5. The van der Waals surface area contributed by atoms with E-state index in [2.05, 4.69) is 10.3 Å². The third kappa shape index (κ3) is 5.23. The summed E-state index contributed by atoms with van der Waals surface area (Å²) in [6.07, 6.45) is 1.80. The van der Waals surface area contributed by atoms with E-state index in [1.165, 1.54) is 41.4 Å². The molecule has 4 rings (SSSR count). The van der Waals surface area contributed by atoms with Crippen LogP contribution in [0.3, 0.4) is 0 Å². The Morgan fingerprint density at radius 2 is 2.03 bits per heavy atom. The Morgan fingerprint density at radius 1 is 1.29 bits per heavy atom. The number of nitrogens with one attached hydrogen (secondary N) is 1. The second-order valence-electron chi connectivity index (χ2n) is 7.24. The highest BCUT2D eigenvalue weighted by Gasteiger charge is 2.32. The van der Waals surface area contributed by atoms with Crippen LogP contribution in [0.4, 0.5) is 14.9 Å². The van der Waals surface area contributed by atoms with Gasteiger partial charge in [-0.05, 0) is 30.3 Å². The zero-order valence-corrected chi connectivity index (χ0v) is 17.3. The minimum Gasteiger partial charge on any atom is -0.473 e. The molecule has 2 amide bonds. The Kier molecular flexibility index (Phi) is 6.53. The third-order valence-corrected chi connectivity index (χ3v) is 5.29. The van der Waals surface area contributed by atoms with Gasteiger partial charge in [0.15, 0.2) is 0 Å². The molecule has 2 aromatic rings. The third-order valence-electron chi connectivity index (χ3n) is 5.02. The molecule has 2 aliphatic rings. The topological polar surface area (TPSA) is 90.0 Å². The monoisotopic (exact) mass is 449 g/mol. The van der Waals surface area contributed by atoms with Gasteiger partial charge in [0.05, 0.1) is 31.9 Å². The number of halogens is 2. The SMILES string of the molecule is O=C(NC[C@H]1CN(c2ccc(F)cc2)C(=O)O1)c1cnc(OC2CCOCC2)c(Cl)c1. The average molecular weight is 450 g/mol. The smallest absolute Gasteiger partial charge is 0.414 e. The minimum absolute atomic E-state index is 0.0143. The number of cyclic esters (lactones) is 1. The summed E-state index contributed by atoms with van der Waals surface area (Å²) in [7, 11) is 0. The molecule has 0 saturated carbocycles. The molecule has 164 valence electrons. The van der Waals surface area contributed by atoms with E-state index < -0.39 is 23.9 Å². The van der Waals surface area contributed by atoms with E-state index in [0.717, 1.165) is 12.8 Å². The molecule has 2 aliphatic heterocycles. The first-order valence-corrected chi connectivity index (χ1v) is 10.3. The molecular weight excluding hydrogens is 429 g/mol. The van der Waals surface area contributed by atoms with E-state index in [1.54, 1.807) is 0 Å². The molecule has 1 atom stereocenters. The van der Waals surface area contributed by atoms with Crippen LogP contribution in [0.1, 0.15) is 23.2 Å². The largest absolute Gasteiger partial charge is 0.473 e. The van der Waals surface area contributed by atoms with Gasteiger partial charge in [-0.3, -0.25) is 9.69 Å². The zero-order valence-electron chi connectivity index (χ0n) is 16.6. The average Bonchev–Trinajstić information content (AvgIpc) is 3.15. The minimum atomic E-state index is -0.551. The molecule has 0 spiro atoms. The molecule has 0 unspecified atom stereocenters. The van der Waals surface area contributed by atoms with Crippen LogP contribution in [0.5, 0.6) is 5.88 Å². The van der Waals surface area contributed by atoms with Crippen LogP contribution in [0.2, 0.25) is 5.02 Å². The highest BCUT2D eigenvalue weighted by Crippen LogP contribution is 2.26. The van der Waals surface area contributed by atoms with Crippen molar-refractivity contribution >= 4 is 29.3 Å². The fourth-order valence-electron chi connectivity index (χ4n) is 3.36. The number of carbonyl (C=O) groups excluding carboxylic acids is 2. The number of benzene rings is 1. The molecule has 0 aliphatic carbocycles. The van der Waals surface area contributed by atoms with Gasteiger partial charge in [-0.2, -0.15) is 0 Å². The van der Waals surface area contributed by atoms with E-state index in [0.29, 0.717) is 18.9 Å². The summed E-state index contributed by atoms with van der Waals surface area (Å²) in [4.78, 5) is 30.1. The van der Waals surface area contributed by atoms with Crippen molar-refractivity contribution in [2.75, 3.05) is 31.2 Å². The van der Waals surface area contributed by atoms with Crippen LogP contribution in [-0.4, -0.2) is 55.5 Å². The first-order chi connectivity index (χ1) is 15.0. The van der Waals surface area contributed by atoms with Crippen molar-refractivity contribution in [1.82, 2.24) is 10.3 Å². The van der Waals surface area contributed by atoms with Crippen molar-refractivity contribution in [1.29, 1.82) is 0 Å².